The largest absolute Gasteiger partial charge is 0.494 e. The summed E-state index contributed by atoms with van der Waals surface area (Å²) in [5.74, 6) is -3.50. The topological polar surface area (TPSA) is 127 Å². The number of carbonyl (C=O) groups is 3. The average molecular weight is 578 g/mol. The van der Waals surface area contributed by atoms with Gasteiger partial charge in [-0.15, -0.1) is 0 Å². The number of amides is 2. The Kier molecular flexibility index (Phi) is 10.3. The molecule has 1 aliphatic heterocycles. The van der Waals surface area contributed by atoms with Crippen LogP contribution in [0.3, 0.4) is 0 Å². The predicted molar refractivity (Wildman–Crippen MR) is 145 cm³/mol. The second kappa shape index (κ2) is 13.4. The number of benzene rings is 2. The lowest BCUT2D eigenvalue weighted by molar-refractivity contribution is -0.150. The molecule has 3 rings (SSSR count). The van der Waals surface area contributed by atoms with Gasteiger partial charge in [-0.3, -0.25) is 14.4 Å². The highest BCUT2D eigenvalue weighted by molar-refractivity contribution is 8.03. The summed E-state index contributed by atoms with van der Waals surface area (Å²) in [5, 5.41) is 15.9. The van der Waals surface area contributed by atoms with Gasteiger partial charge >= 0.3 is 5.97 Å². The van der Waals surface area contributed by atoms with E-state index in [0.29, 0.717) is 30.2 Å². The minimum Gasteiger partial charge on any atom is -0.494 e. The van der Waals surface area contributed by atoms with Crippen molar-refractivity contribution in [3.8, 4) is 17.6 Å². The Morgan fingerprint density at radius 1 is 1.11 bits per heavy atom. The van der Waals surface area contributed by atoms with Gasteiger partial charge in [0.15, 0.2) is 5.75 Å². The molecule has 0 bridgehead atoms. The Bertz CT molecular complexity index is 1270. The minimum atomic E-state index is -1.37. The summed E-state index contributed by atoms with van der Waals surface area (Å²) in [5.41, 5.74) is 0.973. The van der Waals surface area contributed by atoms with Crippen molar-refractivity contribution in [3.63, 3.8) is 0 Å². The Morgan fingerprint density at radius 3 is 2.29 bits per heavy atom. The highest BCUT2D eigenvalue weighted by Gasteiger charge is 2.44. The number of ether oxygens (including phenoxy) is 3. The fraction of sp³-hybridized carbons (Fsp3) is 0.308. The van der Waals surface area contributed by atoms with Crippen LogP contribution in [0.2, 0.25) is 10.0 Å². The van der Waals surface area contributed by atoms with Crippen molar-refractivity contribution >= 4 is 58.4 Å². The molecule has 2 amide bonds. The van der Waals surface area contributed by atoms with E-state index in [1.165, 1.54) is 12.1 Å². The molecular weight excluding hydrogens is 553 g/mol. The van der Waals surface area contributed by atoms with E-state index in [2.05, 4.69) is 16.7 Å². The predicted octanol–water partition coefficient (Wildman–Crippen LogP) is 4.90. The van der Waals surface area contributed by atoms with E-state index in [0.717, 1.165) is 18.9 Å². The van der Waals surface area contributed by atoms with Gasteiger partial charge in [-0.05, 0) is 55.8 Å². The molecule has 0 radical (unpaired) electrons. The van der Waals surface area contributed by atoms with Gasteiger partial charge in [0, 0.05) is 11.6 Å². The zero-order valence-corrected chi connectivity index (χ0v) is 23.1. The van der Waals surface area contributed by atoms with Crippen molar-refractivity contribution in [2.24, 2.45) is 5.92 Å². The molecule has 1 heterocycles. The molecule has 0 unspecified atom stereocenters. The van der Waals surface area contributed by atoms with E-state index < -0.39 is 23.7 Å². The van der Waals surface area contributed by atoms with Gasteiger partial charge in [0.2, 0.25) is 11.8 Å². The van der Waals surface area contributed by atoms with Crippen LogP contribution in [-0.2, 0) is 19.1 Å². The smallest absolute Gasteiger partial charge is 0.319 e. The Morgan fingerprint density at radius 2 is 1.74 bits per heavy atom. The molecule has 38 heavy (non-hydrogen) atoms. The number of nitriles is 1. The van der Waals surface area contributed by atoms with Crippen LogP contribution in [0.4, 0.5) is 5.69 Å². The van der Waals surface area contributed by atoms with Gasteiger partial charge in [0.25, 0.3) is 0 Å². The third-order valence-corrected chi connectivity index (χ3v) is 7.03. The number of methoxy groups -OCH3 is 1. The number of hydrogen-bond donors (Lipinski definition) is 2. The molecule has 0 spiro atoms. The lowest BCUT2D eigenvalue weighted by Crippen LogP contribution is -2.44. The molecule has 12 heteroatoms. The van der Waals surface area contributed by atoms with Crippen molar-refractivity contribution in [1.82, 2.24) is 5.32 Å². The Balaban J connectivity index is 1.90. The summed E-state index contributed by atoms with van der Waals surface area (Å²) < 4.78 is 15.7. The number of rotatable bonds is 10. The first-order valence-electron chi connectivity index (χ1n) is 11.5. The maximum absolute atomic E-state index is 13.0. The fourth-order valence-corrected chi connectivity index (χ4v) is 5.32. The van der Waals surface area contributed by atoms with Gasteiger partial charge in [0.1, 0.15) is 11.7 Å². The van der Waals surface area contributed by atoms with E-state index in [1.807, 2.05) is 6.92 Å². The first-order valence-corrected chi connectivity index (χ1v) is 13.3. The normalized spacial score (nSPS) is 16.8. The summed E-state index contributed by atoms with van der Waals surface area (Å²) >= 11 is 13.7. The minimum absolute atomic E-state index is 0.0650. The Labute approximate surface area is 234 Å². The maximum Gasteiger partial charge on any atom is 0.319 e. The molecule has 2 aromatic rings. The van der Waals surface area contributed by atoms with E-state index in [-0.39, 0.29) is 38.1 Å². The molecule has 0 aliphatic carbocycles. The highest BCUT2D eigenvalue weighted by atomic mass is 35.5. The van der Waals surface area contributed by atoms with Gasteiger partial charge in [-0.2, -0.15) is 5.26 Å². The number of carbonyl (C=O) groups excluding carboxylic acids is 3. The fourth-order valence-electron chi connectivity index (χ4n) is 3.86. The molecule has 0 aromatic heterocycles. The monoisotopic (exact) mass is 577 g/mol. The molecule has 0 fully saturated rings. The van der Waals surface area contributed by atoms with Crippen LogP contribution in [0, 0.1) is 17.2 Å². The van der Waals surface area contributed by atoms with Gasteiger partial charge < -0.3 is 24.8 Å². The number of nitrogens with one attached hydrogen (secondary N) is 2. The molecule has 2 atom stereocenters. The number of thioether (sulfide) groups is 1. The number of anilines is 1. The van der Waals surface area contributed by atoms with Gasteiger partial charge in [-0.1, -0.05) is 35.0 Å². The van der Waals surface area contributed by atoms with E-state index in [9.17, 15) is 19.6 Å². The number of allylic oxidation sites excluding steroid dienone is 1. The number of nitrogens with zero attached hydrogens (tertiary/aromatic N) is 1. The lowest BCUT2D eigenvalue weighted by Gasteiger charge is -2.31. The zero-order valence-electron chi connectivity index (χ0n) is 20.8. The summed E-state index contributed by atoms with van der Waals surface area (Å²) in [6, 6.07) is 11.9. The van der Waals surface area contributed by atoms with Crippen LogP contribution < -0.4 is 20.1 Å². The molecule has 9 nitrogen and oxygen atoms in total. The summed E-state index contributed by atoms with van der Waals surface area (Å²) in [4.78, 5) is 38.3. The summed E-state index contributed by atoms with van der Waals surface area (Å²) in [6.07, 6.45) is 0. The molecular formula is C26H25Cl2N3O6S. The van der Waals surface area contributed by atoms with Crippen LogP contribution >= 0.6 is 35.0 Å². The highest BCUT2D eigenvalue weighted by Crippen LogP contribution is 2.44. The van der Waals surface area contributed by atoms with Crippen molar-refractivity contribution in [3.05, 3.63) is 62.6 Å². The molecule has 0 saturated carbocycles. The van der Waals surface area contributed by atoms with Crippen molar-refractivity contribution in [2.45, 2.75) is 19.8 Å². The zero-order chi connectivity index (χ0) is 27.8. The first kappa shape index (κ1) is 29.2. The molecule has 2 aromatic carbocycles. The summed E-state index contributed by atoms with van der Waals surface area (Å²) in [6.45, 7) is 4.49. The van der Waals surface area contributed by atoms with E-state index in [1.54, 1.807) is 31.2 Å². The second-order valence-corrected chi connectivity index (χ2v) is 9.66. The summed E-state index contributed by atoms with van der Waals surface area (Å²) in [7, 11) is 1.15. The number of hydrogen-bond acceptors (Lipinski definition) is 8. The van der Waals surface area contributed by atoms with Crippen molar-refractivity contribution in [1.29, 1.82) is 5.26 Å². The lowest BCUT2D eigenvalue weighted by atomic mass is 9.78. The van der Waals surface area contributed by atoms with E-state index in [4.69, 9.17) is 37.4 Å². The molecule has 1 aliphatic rings. The van der Waals surface area contributed by atoms with Crippen LogP contribution in [-0.4, -0.2) is 43.9 Å². The molecule has 0 saturated heterocycles. The third kappa shape index (κ3) is 6.72. The van der Waals surface area contributed by atoms with Crippen LogP contribution in [0.5, 0.6) is 11.5 Å². The second-order valence-electron chi connectivity index (χ2n) is 7.86. The third-order valence-electron chi connectivity index (χ3n) is 5.45. The number of esters is 1. The molecule has 2 N–H and O–H groups in total. The molecule has 200 valence electrons. The standard InChI is InChI=1S/C26H25Cl2N3O6S/c1-4-36-16-8-6-15(7-9-16)30-20(32)13-38-25-17(12-29)21(22(24(33)31-25)26(34)35-3)14-10-18(27)23(37-5-2)19(28)11-14/h6-11,21-22H,4-5,13H2,1-3H3,(H,30,32)(H,31,33)/t21-,22+/m1/s1. The van der Waals surface area contributed by atoms with Crippen molar-refractivity contribution < 1.29 is 28.6 Å². The van der Waals surface area contributed by atoms with Crippen molar-refractivity contribution in [2.75, 3.05) is 31.4 Å². The maximum atomic E-state index is 13.0. The SMILES string of the molecule is CCOc1ccc(NC(=O)CSC2=C(C#N)[C@@H](c3cc(Cl)c(OCC)c(Cl)c3)[C@H](C(=O)OC)C(=O)N2)cc1. The number of halogens is 2. The van der Waals surface area contributed by atoms with Gasteiger partial charge in [0.05, 0.1) is 52.8 Å². The first-order chi connectivity index (χ1) is 18.2. The van der Waals surface area contributed by atoms with Gasteiger partial charge in [-0.25, -0.2) is 0 Å². The Hall–Kier alpha value is -3.39. The van der Waals surface area contributed by atoms with Crippen LogP contribution in [0.15, 0.2) is 47.0 Å². The van der Waals surface area contributed by atoms with E-state index >= 15 is 0 Å². The van der Waals surface area contributed by atoms with Crippen LogP contribution in [0.1, 0.15) is 25.3 Å². The quantitative estimate of drug-likeness (QED) is 0.301. The average Bonchev–Trinajstić information content (AvgIpc) is 2.89. The van der Waals surface area contributed by atoms with Crippen LogP contribution in [0.25, 0.3) is 0 Å².